The van der Waals surface area contributed by atoms with E-state index in [9.17, 15) is 0 Å². The third-order valence-corrected chi connectivity index (χ3v) is 2.06. The highest BCUT2D eigenvalue weighted by molar-refractivity contribution is 5.32. The van der Waals surface area contributed by atoms with Gasteiger partial charge in [0.25, 0.3) is 0 Å². The second-order valence-corrected chi connectivity index (χ2v) is 3.31. The van der Waals surface area contributed by atoms with Crippen LogP contribution in [0.25, 0.3) is 0 Å². The second-order valence-electron chi connectivity index (χ2n) is 3.31. The fraction of sp³-hybridized carbons (Fsp3) is 0.500. The summed E-state index contributed by atoms with van der Waals surface area (Å²) in [6, 6.07) is 0. The van der Waals surface area contributed by atoms with E-state index in [0.717, 1.165) is 6.42 Å². The molecule has 0 rings (SSSR count). The van der Waals surface area contributed by atoms with E-state index in [1.807, 2.05) is 0 Å². The maximum absolute atomic E-state index is 2.17. The number of hydrogen-bond acceptors (Lipinski definition) is 0. The van der Waals surface area contributed by atoms with Crippen molar-refractivity contribution in [2.24, 2.45) is 0 Å². The smallest absolute Gasteiger partial charge is 0.0376 e. The lowest BCUT2D eigenvalue weighted by Crippen LogP contribution is -1.81. The van der Waals surface area contributed by atoms with Crippen molar-refractivity contribution >= 4 is 0 Å². The lowest BCUT2D eigenvalue weighted by Gasteiger charge is -2.02. The normalized spacial score (nSPS) is 12.2. The zero-order valence-electron chi connectivity index (χ0n) is 8.94. The molecule has 0 aliphatic heterocycles. The second kappa shape index (κ2) is 5.82. The molecule has 0 atom stereocenters. The van der Waals surface area contributed by atoms with Crippen LogP contribution in [-0.4, -0.2) is 0 Å². The van der Waals surface area contributed by atoms with Gasteiger partial charge in [0.05, 0.1) is 0 Å². The van der Waals surface area contributed by atoms with Crippen molar-refractivity contribution in [3.8, 4) is 0 Å². The molecular weight excluding hydrogens is 144 g/mol. The maximum Gasteiger partial charge on any atom is -0.0376 e. The van der Waals surface area contributed by atoms with E-state index < -0.39 is 0 Å². The molecule has 0 aliphatic carbocycles. The molecule has 68 valence electrons. The first-order valence-electron chi connectivity index (χ1n) is 4.57. The van der Waals surface area contributed by atoms with Gasteiger partial charge in [-0.25, -0.2) is 0 Å². The fourth-order valence-corrected chi connectivity index (χ4v) is 0.868. The van der Waals surface area contributed by atoms with E-state index in [4.69, 9.17) is 0 Å². The molecule has 0 saturated carbocycles. The molecule has 0 saturated heterocycles. The highest BCUT2D eigenvalue weighted by Gasteiger charge is 1.92. The zero-order chi connectivity index (χ0) is 9.56. The van der Waals surface area contributed by atoms with Gasteiger partial charge in [0.2, 0.25) is 0 Å². The van der Waals surface area contributed by atoms with Crippen LogP contribution in [0.4, 0.5) is 0 Å². The molecule has 0 N–H and O–H groups in total. The highest BCUT2D eigenvalue weighted by Crippen LogP contribution is 2.12. The van der Waals surface area contributed by atoms with Crippen molar-refractivity contribution in [2.45, 2.75) is 41.0 Å². The Morgan fingerprint density at radius 3 is 2.08 bits per heavy atom. The molecule has 0 unspecified atom stereocenters. The molecule has 0 heterocycles. The Labute approximate surface area is 76.7 Å². The predicted molar refractivity (Wildman–Crippen MR) is 57.2 cm³/mol. The first-order chi connectivity index (χ1) is 5.59. The van der Waals surface area contributed by atoms with Gasteiger partial charge in [-0.3, -0.25) is 0 Å². The quantitative estimate of drug-likeness (QED) is 0.547. The van der Waals surface area contributed by atoms with Crippen molar-refractivity contribution in [2.75, 3.05) is 0 Å². The summed E-state index contributed by atoms with van der Waals surface area (Å²) >= 11 is 0. The molecule has 0 heteroatoms. The summed E-state index contributed by atoms with van der Waals surface area (Å²) in [5, 5.41) is 0. The molecule has 0 spiro atoms. The van der Waals surface area contributed by atoms with Gasteiger partial charge in [0, 0.05) is 0 Å². The van der Waals surface area contributed by atoms with Crippen molar-refractivity contribution in [1.82, 2.24) is 0 Å². The van der Waals surface area contributed by atoms with Gasteiger partial charge in [0.15, 0.2) is 0 Å². The van der Waals surface area contributed by atoms with E-state index in [1.165, 1.54) is 16.7 Å². The number of hydrogen-bond donors (Lipinski definition) is 0. The van der Waals surface area contributed by atoms with Crippen molar-refractivity contribution in [3.63, 3.8) is 0 Å². The maximum atomic E-state index is 2.17. The molecule has 0 bridgehead atoms. The van der Waals surface area contributed by atoms with E-state index in [1.54, 1.807) is 0 Å². The summed E-state index contributed by atoms with van der Waals surface area (Å²) in [6.45, 7) is 10.8. The van der Waals surface area contributed by atoms with E-state index >= 15 is 0 Å². The van der Waals surface area contributed by atoms with Gasteiger partial charge >= 0.3 is 0 Å². The molecule has 0 amide bonds. The Morgan fingerprint density at radius 2 is 1.67 bits per heavy atom. The van der Waals surface area contributed by atoms with Crippen LogP contribution in [-0.2, 0) is 0 Å². The van der Waals surface area contributed by atoms with Crippen molar-refractivity contribution in [1.29, 1.82) is 0 Å². The minimum atomic E-state index is 1.11. The first-order valence-corrected chi connectivity index (χ1v) is 4.57. The first kappa shape index (κ1) is 11.2. The standard InChI is InChI=1S/C12H20/c1-6-7-8-9-11(4)12(5)10(2)3/h7-9H,6H2,1-5H3. The molecule has 0 fully saturated rings. The van der Waals surface area contributed by atoms with Crippen molar-refractivity contribution in [3.05, 3.63) is 34.9 Å². The summed E-state index contributed by atoms with van der Waals surface area (Å²) in [7, 11) is 0. The van der Waals surface area contributed by atoms with E-state index in [-0.39, 0.29) is 0 Å². The minimum Gasteiger partial charge on any atom is -0.0848 e. The van der Waals surface area contributed by atoms with Gasteiger partial charge in [-0.05, 0) is 45.3 Å². The summed E-state index contributed by atoms with van der Waals surface area (Å²) in [5.74, 6) is 0. The Bertz CT molecular complexity index is 210. The van der Waals surface area contributed by atoms with Crippen LogP contribution < -0.4 is 0 Å². The van der Waals surface area contributed by atoms with Gasteiger partial charge in [-0.1, -0.05) is 30.7 Å². The lowest BCUT2D eigenvalue weighted by atomic mass is 10.0. The minimum absolute atomic E-state index is 1.11. The Balaban J connectivity index is 4.39. The number of allylic oxidation sites excluding steroid dienone is 6. The molecular formula is C12H20. The van der Waals surface area contributed by atoms with Gasteiger partial charge in [-0.2, -0.15) is 0 Å². The van der Waals surface area contributed by atoms with Crippen LogP contribution in [0, 0.1) is 0 Å². The van der Waals surface area contributed by atoms with E-state index in [2.05, 4.69) is 52.8 Å². The third-order valence-electron chi connectivity index (χ3n) is 2.06. The number of rotatable bonds is 3. The summed E-state index contributed by atoms with van der Waals surface area (Å²) < 4.78 is 0. The summed E-state index contributed by atoms with van der Waals surface area (Å²) in [4.78, 5) is 0. The van der Waals surface area contributed by atoms with Crippen LogP contribution in [0.3, 0.4) is 0 Å². The van der Waals surface area contributed by atoms with Gasteiger partial charge in [0.1, 0.15) is 0 Å². The summed E-state index contributed by atoms with van der Waals surface area (Å²) in [5.41, 5.74) is 4.16. The van der Waals surface area contributed by atoms with Crippen LogP contribution in [0.15, 0.2) is 34.9 Å². The SMILES string of the molecule is CCC=CC=C(C)C(C)=C(C)C. The Morgan fingerprint density at radius 1 is 1.08 bits per heavy atom. The molecule has 0 aromatic carbocycles. The molecule has 0 radical (unpaired) electrons. The van der Waals surface area contributed by atoms with Crippen LogP contribution in [0.5, 0.6) is 0 Å². The highest BCUT2D eigenvalue weighted by atomic mass is 14.0. The topological polar surface area (TPSA) is 0 Å². The molecule has 0 aromatic heterocycles. The Kier molecular flexibility index (Phi) is 5.44. The van der Waals surface area contributed by atoms with Gasteiger partial charge in [-0.15, -0.1) is 0 Å². The molecule has 0 aromatic rings. The van der Waals surface area contributed by atoms with Crippen LogP contribution >= 0.6 is 0 Å². The lowest BCUT2D eigenvalue weighted by molar-refractivity contribution is 1.21. The van der Waals surface area contributed by atoms with Gasteiger partial charge < -0.3 is 0 Å². The molecule has 12 heavy (non-hydrogen) atoms. The van der Waals surface area contributed by atoms with Crippen LogP contribution in [0.1, 0.15) is 41.0 Å². The largest absolute Gasteiger partial charge is 0.0848 e. The zero-order valence-corrected chi connectivity index (χ0v) is 8.94. The summed E-state index contributed by atoms with van der Waals surface area (Å²) in [6.07, 6.45) is 7.58. The Hall–Kier alpha value is -0.780. The molecule has 0 aliphatic rings. The predicted octanol–water partition coefficient (Wildman–Crippen LogP) is 4.26. The van der Waals surface area contributed by atoms with E-state index in [0.29, 0.717) is 0 Å². The molecule has 0 nitrogen and oxygen atoms in total. The average molecular weight is 164 g/mol. The average Bonchev–Trinajstić information content (AvgIpc) is 2.03. The fourth-order valence-electron chi connectivity index (χ4n) is 0.868. The third kappa shape index (κ3) is 4.17. The van der Waals surface area contributed by atoms with Crippen LogP contribution in [0.2, 0.25) is 0 Å². The monoisotopic (exact) mass is 164 g/mol. The van der Waals surface area contributed by atoms with Crippen molar-refractivity contribution < 1.29 is 0 Å².